The Balaban J connectivity index is 1.34. The second-order valence-electron chi connectivity index (χ2n) is 22.2. The number of nitro groups is 1. The number of fused-ring (bicyclic) bond motifs is 5. The van der Waals surface area contributed by atoms with Gasteiger partial charge in [-0.25, -0.2) is 0 Å². The number of non-ortho nitro benzene ring substituents is 1. The number of nitrogens with zero attached hydrogens (tertiary/aromatic N) is 6. The number of hydrogen-bond acceptors (Lipinski definition) is 18. The molecule has 4 saturated heterocycles. The Labute approximate surface area is 430 Å². The van der Waals surface area contributed by atoms with Crippen LogP contribution in [0.15, 0.2) is 47.8 Å². The van der Waals surface area contributed by atoms with E-state index in [-0.39, 0.29) is 37.7 Å². The first-order valence-corrected chi connectivity index (χ1v) is 26.2. The van der Waals surface area contributed by atoms with Gasteiger partial charge in [-0.1, -0.05) is 62.3 Å². The van der Waals surface area contributed by atoms with Gasteiger partial charge in [0, 0.05) is 75.2 Å². The summed E-state index contributed by atoms with van der Waals surface area (Å²) in [5.41, 5.74) is -0.956. The Bertz CT molecular complexity index is 2190. The monoisotopic (exact) mass is 1030 g/mol. The molecule has 4 aliphatic rings. The number of esters is 1. The van der Waals surface area contributed by atoms with E-state index < -0.39 is 113 Å². The number of benzene rings is 1. The molecule has 0 spiro atoms. The van der Waals surface area contributed by atoms with Crippen LogP contribution in [0.4, 0.5) is 5.69 Å². The number of aromatic nitrogens is 3. The first-order chi connectivity index (χ1) is 34.4. The van der Waals surface area contributed by atoms with Gasteiger partial charge in [-0.05, 0) is 98.6 Å². The van der Waals surface area contributed by atoms with Crippen LogP contribution in [0.2, 0.25) is 0 Å². The second-order valence-corrected chi connectivity index (χ2v) is 22.2. The van der Waals surface area contributed by atoms with Crippen molar-refractivity contribution in [2.24, 2.45) is 34.7 Å². The lowest BCUT2D eigenvalue weighted by Gasteiger charge is -2.50. The van der Waals surface area contributed by atoms with E-state index in [2.05, 4.69) is 26.9 Å². The molecular formula is C53H84N6O14. The van der Waals surface area contributed by atoms with Crippen LogP contribution in [0.5, 0.6) is 0 Å². The zero-order valence-corrected chi connectivity index (χ0v) is 45.1. The van der Waals surface area contributed by atoms with E-state index in [1.807, 2.05) is 54.8 Å². The van der Waals surface area contributed by atoms with E-state index in [0.717, 1.165) is 16.8 Å². The van der Waals surface area contributed by atoms with Crippen molar-refractivity contribution in [3.63, 3.8) is 0 Å². The maximum absolute atomic E-state index is 14.8. The number of aliphatic hydroxyl groups is 3. The van der Waals surface area contributed by atoms with E-state index in [9.17, 15) is 35.4 Å². The van der Waals surface area contributed by atoms with Gasteiger partial charge >= 0.3 is 5.97 Å². The predicted molar refractivity (Wildman–Crippen MR) is 270 cm³/mol. The average molecular weight is 1030 g/mol. The van der Waals surface area contributed by atoms with Gasteiger partial charge in [0.15, 0.2) is 12.6 Å². The molecule has 0 radical (unpaired) electrons. The highest BCUT2D eigenvalue weighted by Gasteiger charge is 2.54. The van der Waals surface area contributed by atoms with Crippen LogP contribution in [-0.2, 0) is 57.3 Å². The Morgan fingerprint density at radius 3 is 2.37 bits per heavy atom. The zero-order valence-electron chi connectivity index (χ0n) is 45.1. The van der Waals surface area contributed by atoms with Crippen LogP contribution < -0.4 is 0 Å². The first-order valence-electron chi connectivity index (χ1n) is 26.2. The average Bonchev–Trinajstić information content (AvgIpc) is 3.81. The number of hydrogen-bond donors (Lipinski definition) is 4. The molecule has 2 aromatic rings. The minimum atomic E-state index is -1.57. The number of carbonyl (C=O) groups is 1. The lowest BCUT2D eigenvalue weighted by molar-refractivity contribution is -0.384. The van der Waals surface area contributed by atoms with Gasteiger partial charge in [-0.15, -0.1) is 5.10 Å². The summed E-state index contributed by atoms with van der Waals surface area (Å²) in [6.45, 7) is 24.0. The van der Waals surface area contributed by atoms with Crippen molar-refractivity contribution in [3.05, 3.63) is 64.0 Å². The summed E-state index contributed by atoms with van der Waals surface area (Å²) in [7, 11) is 3.46. The van der Waals surface area contributed by atoms with Crippen molar-refractivity contribution in [2.45, 2.75) is 205 Å². The van der Waals surface area contributed by atoms with Crippen LogP contribution >= 0.6 is 0 Å². The SMILES string of the molecule is C=C1CC[C@@H]2[C@@H](C)/C(=N/O)[C@H](C)C[C@@](C)(OC1)[C@H](O[C@@H]1O[C@H](C)C[C@H](N(C)CCc3cn(CCc4ccc([N+](=O)[O-])cc4)nn3)[C@H]1O)[C@@H](C)[C@H](OC1C[C@@](C)(OC)[C@@H](O)[C@H](C)O1)[C@@H](C)C(=O)O[C@H](CC)[C@@]2(C)O. The van der Waals surface area contributed by atoms with Gasteiger partial charge < -0.3 is 58.6 Å². The van der Waals surface area contributed by atoms with Crippen molar-refractivity contribution in [1.29, 1.82) is 0 Å². The maximum Gasteiger partial charge on any atom is 0.311 e. The zero-order chi connectivity index (χ0) is 53.7. The molecule has 4 aliphatic heterocycles. The molecule has 0 amide bonds. The largest absolute Gasteiger partial charge is 0.459 e. The molecule has 6 rings (SSSR count). The molecule has 410 valence electrons. The third kappa shape index (κ3) is 13.4. The van der Waals surface area contributed by atoms with Crippen LogP contribution in [0.25, 0.3) is 0 Å². The standard InChI is InChI=1S/C53H84N6O14/c1-14-42-53(11,63)40-20-15-30(2)29-68-52(10,26-31(3)44(55-64)33(40)5)48(34(6)46(35(7)49(62)71-42)72-43-27-51(9,67-13)47(61)36(8)70-43)73-50-45(60)41(25-32(4)69-50)57(12)23-22-38-28-58(56-54-38)24-21-37-16-18-39(19-17-37)59(65)66/h16-19,28,31-36,40-43,45-48,50,60-61,63-64H,2,14-15,20-27,29H2,1,3-13H3/b55-44+/t31-,32-,33-,34+,35-,36+,40-,41+,42-,43?,45-,46+,47+,48-,50+,51-,52-,53+/m1/s1. The topological polar surface area (TPSA) is 252 Å². The number of methoxy groups -OCH3 is 1. The molecule has 2 bridgehead atoms. The molecule has 0 aliphatic carbocycles. The first kappa shape index (κ1) is 58.3. The normalized spacial score (nSPS) is 39.9. The summed E-state index contributed by atoms with van der Waals surface area (Å²) in [5.74, 6) is -3.82. The number of carbonyl (C=O) groups excluding carboxylic acids is 1. The quantitative estimate of drug-likeness (QED) is 0.0554. The molecule has 18 atom stereocenters. The Morgan fingerprint density at radius 1 is 1.03 bits per heavy atom. The number of oxime groups is 1. The Kier molecular flexibility index (Phi) is 19.5. The van der Waals surface area contributed by atoms with E-state index >= 15 is 0 Å². The van der Waals surface area contributed by atoms with Crippen LogP contribution in [0.1, 0.15) is 119 Å². The van der Waals surface area contributed by atoms with Crippen LogP contribution in [-0.4, -0.2) is 162 Å². The smallest absolute Gasteiger partial charge is 0.311 e. The van der Waals surface area contributed by atoms with Crippen LogP contribution in [0, 0.1) is 39.7 Å². The lowest BCUT2D eigenvalue weighted by atomic mass is 9.68. The van der Waals surface area contributed by atoms with Gasteiger partial charge in [0.1, 0.15) is 23.9 Å². The molecule has 5 heterocycles. The van der Waals surface area contributed by atoms with E-state index in [1.165, 1.54) is 19.2 Å². The number of ether oxygens (including phenoxy) is 7. The fourth-order valence-electron chi connectivity index (χ4n) is 12.0. The molecule has 1 aromatic carbocycles. The van der Waals surface area contributed by atoms with Gasteiger partial charge in [0.25, 0.3) is 5.69 Å². The number of rotatable bonds is 14. The van der Waals surface area contributed by atoms with Crippen LogP contribution in [0.3, 0.4) is 0 Å². The number of aryl methyl sites for hydroxylation is 2. The lowest BCUT2D eigenvalue weighted by Crippen LogP contribution is -2.61. The summed E-state index contributed by atoms with van der Waals surface area (Å²) < 4.78 is 48.1. The fraction of sp³-hybridized carbons (Fsp3) is 0.774. The predicted octanol–water partition coefficient (Wildman–Crippen LogP) is 6.03. The molecule has 20 heteroatoms. The van der Waals surface area contributed by atoms with Crippen molar-refractivity contribution >= 4 is 17.4 Å². The highest BCUT2D eigenvalue weighted by molar-refractivity contribution is 5.88. The van der Waals surface area contributed by atoms with Crippen molar-refractivity contribution in [3.8, 4) is 0 Å². The van der Waals surface area contributed by atoms with Crippen molar-refractivity contribution < 1.29 is 63.4 Å². The number of nitro benzene ring substituents is 1. The second kappa shape index (κ2) is 24.4. The Morgan fingerprint density at radius 2 is 1.73 bits per heavy atom. The highest BCUT2D eigenvalue weighted by atomic mass is 16.7. The fourth-order valence-corrected chi connectivity index (χ4v) is 12.0. The third-order valence-corrected chi connectivity index (χ3v) is 16.6. The summed E-state index contributed by atoms with van der Waals surface area (Å²) in [6, 6.07) is 6.03. The van der Waals surface area contributed by atoms with Gasteiger partial charge in [0.2, 0.25) is 0 Å². The van der Waals surface area contributed by atoms with Crippen molar-refractivity contribution in [1.82, 2.24) is 19.9 Å². The minimum Gasteiger partial charge on any atom is -0.459 e. The number of cyclic esters (lactones) is 1. The summed E-state index contributed by atoms with van der Waals surface area (Å²) in [6.07, 6.45) is -3.33. The van der Waals surface area contributed by atoms with E-state index in [4.69, 9.17) is 33.2 Å². The molecule has 1 unspecified atom stereocenters. The maximum atomic E-state index is 14.8. The molecule has 73 heavy (non-hydrogen) atoms. The summed E-state index contributed by atoms with van der Waals surface area (Å²) >= 11 is 0. The molecular weight excluding hydrogens is 945 g/mol. The van der Waals surface area contributed by atoms with Gasteiger partial charge in [-0.3, -0.25) is 19.6 Å². The Hall–Kier alpha value is -3.96. The molecule has 1 aromatic heterocycles. The highest BCUT2D eigenvalue weighted by Crippen LogP contribution is 2.45. The van der Waals surface area contributed by atoms with Gasteiger partial charge in [-0.2, -0.15) is 0 Å². The number of aliphatic hydroxyl groups excluding tert-OH is 2. The summed E-state index contributed by atoms with van der Waals surface area (Å²) in [4.78, 5) is 27.5. The van der Waals surface area contributed by atoms with Gasteiger partial charge in [0.05, 0.1) is 64.5 Å². The molecule has 4 fully saturated rings. The summed E-state index contributed by atoms with van der Waals surface area (Å²) in [5, 5.41) is 70.8. The molecule has 0 saturated carbocycles. The number of likely N-dealkylation sites (N-methyl/N-ethyl adjacent to an activating group) is 1. The minimum absolute atomic E-state index is 0.0387. The third-order valence-electron chi connectivity index (χ3n) is 16.6. The van der Waals surface area contributed by atoms with E-state index in [0.29, 0.717) is 50.9 Å². The van der Waals surface area contributed by atoms with Crippen molar-refractivity contribution in [2.75, 3.05) is 27.3 Å². The molecule has 4 N–H and O–H groups in total. The molecule has 20 nitrogen and oxygen atoms in total. The van der Waals surface area contributed by atoms with E-state index in [1.54, 1.807) is 44.5 Å².